The van der Waals surface area contributed by atoms with Crippen molar-refractivity contribution in [2.45, 2.75) is 36.9 Å². The highest BCUT2D eigenvalue weighted by Gasteiger charge is 2.40. The lowest BCUT2D eigenvalue weighted by molar-refractivity contribution is -0.157. The zero-order chi connectivity index (χ0) is 19.1. The van der Waals surface area contributed by atoms with E-state index in [2.05, 4.69) is 4.52 Å². The maximum Gasteiger partial charge on any atom is 0.469 e. The summed E-state index contributed by atoms with van der Waals surface area (Å²) in [5.74, 6) is -3.44. The SMILES string of the molecule is COC[C@@H](OC)[C@@H](O)[C@H](O)[C@H](O)[C@H](CC(=O)C(=O)O)OP(=O)(O)O. The summed E-state index contributed by atoms with van der Waals surface area (Å²) in [6.07, 6.45) is -10.4. The predicted octanol–water partition coefficient (Wildman–Crippen LogP) is -2.75. The Balaban J connectivity index is 5.25. The van der Waals surface area contributed by atoms with Gasteiger partial charge >= 0.3 is 13.8 Å². The van der Waals surface area contributed by atoms with Crippen molar-refractivity contribution < 1.29 is 58.4 Å². The summed E-state index contributed by atoms with van der Waals surface area (Å²) < 4.78 is 24.6. The molecule has 0 amide bonds. The summed E-state index contributed by atoms with van der Waals surface area (Å²) in [7, 11) is -2.79. The summed E-state index contributed by atoms with van der Waals surface area (Å²) in [5.41, 5.74) is 0. The minimum Gasteiger partial charge on any atom is -0.475 e. The molecule has 0 rings (SSSR count). The van der Waals surface area contributed by atoms with Gasteiger partial charge in [-0.15, -0.1) is 0 Å². The van der Waals surface area contributed by atoms with Crippen LogP contribution in [0.2, 0.25) is 0 Å². The van der Waals surface area contributed by atoms with Crippen molar-refractivity contribution in [3.63, 3.8) is 0 Å². The first-order valence-electron chi connectivity index (χ1n) is 6.50. The third kappa shape index (κ3) is 7.75. The van der Waals surface area contributed by atoms with Crippen LogP contribution in [-0.2, 0) is 28.2 Å². The Morgan fingerprint density at radius 1 is 1.00 bits per heavy atom. The van der Waals surface area contributed by atoms with Gasteiger partial charge in [-0.3, -0.25) is 9.32 Å². The Bertz CT molecular complexity index is 462. The first-order chi connectivity index (χ1) is 10.9. The Kier molecular flexibility index (Phi) is 9.73. The van der Waals surface area contributed by atoms with Gasteiger partial charge in [-0.2, -0.15) is 0 Å². The Morgan fingerprint density at radius 3 is 1.88 bits per heavy atom. The van der Waals surface area contributed by atoms with Crippen LogP contribution in [0.15, 0.2) is 0 Å². The zero-order valence-electron chi connectivity index (χ0n) is 12.9. The van der Waals surface area contributed by atoms with Gasteiger partial charge in [-0.1, -0.05) is 0 Å². The first-order valence-corrected chi connectivity index (χ1v) is 8.03. The monoisotopic (exact) mass is 376 g/mol. The van der Waals surface area contributed by atoms with E-state index >= 15 is 0 Å². The fourth-order valence-electron chi connectivity index (χ4n) is 1.78. The number of phosphoric ester groups is 1. The lowest BCUT2D eigenvalue weighted by Gasteiger charge is -2.31. The quantitative estimate of drug-likeness (QED) is 0.152. The van der Waals surface area contributed by atoms with Crippen LogP contribution < -0.4 is 0 Å². The van der Waals surface area contributed by atoms with Crippen molar-refractivity contribution >= 4 is 19.6 Å². The number of carbonyl (C=O) groups is 2. The molecule has 0 spiro atoms. The molecule has 142 valence electrons. The summed E-state index contributed by atoms with van der Waals surface area (Å²) in [6, 6.07) is 0. The van der Waals surface area contributed by atoms with E-state index in [1.807, 2.05) is 0 Å². The summed E-state index contributed by atoms with van der Waals surface area (Å²) in [4.78, 5) is 39.3. The number of carboxylic acid groups (broad SMARTS) is 1. The van der Waals surface area contributed by atoms with Crippen molar-refractivity contribution in [3.8, 4) is 0 Å². The number of aliphatic hydroxyl groups excluding tert-OH is 3. The highest BCUT2D eigenvalue weighted by Crippen LogP contribution is 2.39. The van der Waals surface area contributed by atoms with Crippen molar-refractivity contribution in [2.75, 3.05) is 20.8 Å². The smallest absolute Gasteiger partial charge is 0.469 e. The number of hydrogen-bond acceptors (Lipinski definition) is 9. The van der Waals surface area contributed by atoms with Gasteiger partial charge in [0.25, 0.3) is 0 Å². The zero-order valence-corrected chi connectivity index (χ0v) is 13.8. The number of rotatable bonds is 12. The van der Waals surface area contributed by atoms with Crippen molar-refractivity contribution in [2.24, 2.45) is 0 Å². The van der Waals surface area contributed by atoms with Gasteiger partial charge in [-0.05, 0) is 0 Å². The topological polar surface area (TPSA) is 200 Å². The number of carboxylic acids is 1. The number of carbonyl (C=O) groups excluding carboxylic acids is 1. The molecule has 0 saturated heterocycles. The summed E-state index contributed by atoms with van der Waals surface area (Å²) in [5, 5.41) is 38.3. The second-order valence-corrected chi connectivity index (χ2v) is 5.96. The molecule has 0 bridgehead atoms. The number of hydrogen-bond donors (Lipinski definition) is 6. The molecule has 0 heterocycles. The van der Waals surface area contributed by atoms with Crippen LogP contribution in [-0.4, -0.2) is 93.3 Å². The molecule has 0 aliphatic rings. The number of aliphatic hydroxyl groups is 3. The molecule has 0 aliphatic heterocycles. The Labute approximate surface area is 136 Å². The normalized spacial score (nSPS) is 18.5. The maximum atomic E-state index is 11.2. The van der Waals surface area contributed by atoms with Crippen molar-refractivity contribution in [3.05, 3.63) is 0 Å². The van der Waals surface area contributed by atoms with Crippen molar-refractivity contribution in [1.29, 1.82) is 0 Å². The molecule has 0 aromatic rings. The molecule has 6 N–H and O–H groups in total. The average Bonchev–Trinajstić information content (AvgIpc) is 2.48. The van der Waals surface area contributed by atoms with Gasteiger partial charge in [0.05, 0.1) is 6.61 Å². The van der Waals surface area contributed by atoms with E-state index in [4.69, 9.17) is 24.4 Å². The molecule has 0 saturated carbocycles. The predicted molar refractivity (Wildman–Crippen MR) is 74.9 cm³/mol. The van der Waals surface area contributed by atoms with Gasteiger partial charge in [-0.25, -0.2) is 9.36 Å². The highest BCUT2D eigenvalue weighted by molar-refractivity contribution is 7.46. The van der Waals surface area contributed by atoms with Crippen LogP contribution in [0.3, 0.4) is 0 Å². The molecule has 24 heavy (non-hydrogen) atoms. The number of methoxy groups -OCH3 is 2. The largest absolute Gasteiger partial charge is 0.475 e. The second-order valence-electron chi connectivity index (χ2n) is 4.77. The van der Waals surface area contributed by atoms with Crippen LogP contribution >= 0.6 is 7.82 Å². The molecule has 0 aromatic carbocycles. The molecule has 0 aliphatic carbocycles. The minimum atomic E-state index is -5.23. The number of phosphoric acid groups is 1. The highest BCUT2D eigenvalue weighted by atomic mass is 31.2. The Hall–Kier alpha value is -0.950. The molecular weight excluding hydrogens is 355 g/mol. The Morgan fingerprint density at radius 2 is 1.50 bits per heavy atom. The van der Waals surface area contributed by atoms with E-state index in [1.165, 1.54) is 14.2 Å². The standard InChI is InChI=1S/C11H21O12P/c1-21-4-7(22-2)9(14)10(15)8(13)6(23-24(18,19)20)3-5(12)11(16)17/h6-10,13-15H,3-4H2,1-2H3,(H,16,17)(H2,18,19,20)/t6-,7+,8+,9+,10+/m0/s1. The number of aliphatic carboxylic acids is 1. The fraction of sp³-hybridized carbons (Fsp3) is 0.818. The molecule has 0 radical (unpaired) electrons. The summed E-state index contributed by atoms with van der Waals surface area (Å²) in [6.45, 7) is -0.195. The number of ketones is 1. The molecule has 5 atom stereocenters. The number of ether oxygens (including phenoxy) is 2. The van der Waals surface area contributed by atoms with Crippen LogP contribution in [0.25, 0.3) is 0 Å². The van der Waals surface area contributed by atoms with Gasteiger partial charge in [0.15, 0.2) is 0 Å². The molecule has 0 unspecified atom stereocenters. The average molecular weight is 376 g/mol. The second kappa shape index (κ2) is 10.1. The molecular formula is C11H21O12P. The lowest BCUT2D eigenvalue weighted by Crippen LogP contribution is -2.51. The molecule has 0 aromatic heterocycles. The van der Waals surface area contributed by atoms with Gasteiger partial charge < -0.3 is 39.7 Å². The maximum absolute atomic E-state index is 11.2. The van der Waals surface area contributed by atoms with E-state index in [0.717, 1.165) is 0 Å². The van der Waals surface area contributed by atoms with Crippen LogP contribution in [0.5, 0.6) is 0 Å². The van der Waals surface area contributed by atoms with Gasteiger partial charge in [0, 0.05) is 20.6 Å². The van der Waals surface area contributed by atoms with Crippen molar-refractivity contribution in [1.82, 2.24) is 0 Å². The van der Waals surface area contributed by atoms with E-state index in [-0.39, 0.29) is 6.61 Å². The molecule has 12 nitrogen and oxygen atoms in total. The fourth-order valence-corrected chi connectivity index (χ4v) is 2.33. The van der Waals surface area contributed by atoms with Crippen LogP contribution in [0.4, 0.5) is 0 Å². The third-order valence-electron chi connectivity index (χ3n) is 2.99. The van der Waals surface area contributed by atoms with Crippen LogP contribution in [0, 0.1) is 0 Å². The lowest BCUT2D eigenvalue weighted by atomic mass is 9.96. The first kappa shape index (κ1) is 23.1. The van der Waals surface area contributed by atoms with E-state index in [0.29, 0.717) is 0 Å². The molecule has 13 heteroatoms. The number of Topliss-reactive ketones (excluding diaryl/α,β-unsaturated/α-hetero) is 1. The summed E-state index contributed by atoms with van der Waals surface area (Å²) >= 11 is 0. The minimum absolute atomic E-state index is 0.195. The van der Waals surface area contributed by atoms with Gasteiger partial charge in [0.1, 0.15) is 30.5 Å². The molecule has 0 fully saturated rings. The van der Waals surface area contributed by atoms with Crippen LogP contribution in [0.1, 0.15) is 6.42 Å². The van der Waals surface area contributed by atoms with Gasteiger partial charge in [0.2, 0.25) is 5.78 Å². The third-order valence-corrected chi connectivity index (χ3v) is 3.54. The van der Waals surface area contributed by atoms with E-state index < -0.39 is 56.5 Å². The van der Waals surface area contributed by atoms with E-state index in [1.54, 1.807) is 0 Å². The van der Waals surface area contributed by atoms with E-state index in [9.17, 15) is 29.5 Å².